The first kappa shape index (κ1) is 21.1. The summed E-state index contributed by atoms with van der Waals surface area (Å²) in [4.78, 5) is 2.06. The van der Waals surface area contributed by atoms with Crippen LogP contribution < -0.4 is 14.8 Å². The number of aliphatic hydroxyl groups is 1. The first-order chi connectivity index (χ1) is 14.9. The third-order valence-corrected chi connectivity index (χ3v) is 5.54. The van der Waals surface area contributed by atoms with Crippen LogP contribution in [0.15, 0.2) is 65.1 Å². The minimum Gasteiger partial charge on any atom is -0.456 e. The van der Waals surface area contributed by atoms with Crippen LogP contribution in [0.4, 0.5) is 5.69 Å². The number of anilines is 1. The topological polar surface area (TPSA) is 48.9 Å². The summed E-state index contributed by atoms with van der Waals surface area (Å²) in [6.07, 6.45) is -0.995. The van der Waals surface area contributed by atoms with Gasteiger partial charge < -0.3 is 19.2 Å². The monoisotopic (exact) mass is 417 g/mol. The molecule has 5 heteroatoms. The number of benzene rings is 3. The Morgan fingerprint density at radius 2 is 1.77 bits per heavy atom. The minimum absolute atomic E-state index is 0.430. The van der Waals surface area contributed by atoms with Crippen molar-refractivity contribution in [1.82, 2.24) is 4.58 Å². The molecule has 0 amide bonds. The standard InChI is InChI=1S/C26H29N2O3/c1-6-30-26(29)20-10-8-7-9-19(20)25-21-13-11-17(27(2)3)15-23(21)31-24-16-18(28(4)5)12-14-22(24)25/h7-16,26,29H,6H2,1-5H3/q+1. The van der Waals surface area contributed by atoms with Gasteiger partial charge in [0.1, 0.15) is 25.4 Å². The van der Waals surface area contributed by atoms with Crippen molar-refractivity contribution in [2.45, 2.75) is 13.2 Å². The highest BCUT2D eigenvalue weighted by atomic mass is 16.6. The summed E-state index contributed by atoms with van der Waals surface area (Å²) < 4.78 is 14.0. The summed E-state index contributed by atoms with van der Waals surface area (Å²) in [6.45, 7) is 2.31. The van der Waals surface area contributed by atoms with Gasteiger partial charge in [0.2, 0.25) is 5.36 Å². The third-order valence-electron chi connectivity index (χ3n) is 5.54. The molecule has 2 aromatic carbocycles. The Balaban J connectivity index is 2.12. The molecule has 1 N–H and O–H groups in total. The fraction of sp³-hybridized carbons (Fsp3) is 0.269. The molecule has 0 saturated carbocycles. The lowest BCUT2D eigenvalue weighted by Crippen LogP contribution is -2.21. The summed E-state index contributed by atoms with van der Waals surface area (Å²) in [6, 6.07) is 20.3. The minimum atomic E-state index is -0.995. The second-order valence-electron chi connectivity index (χ2n) is 8.02. The van der Waals surface area contributed by atoms with Gasteiger partial charge in [-0.15, -0.1) is 0 Å². The van der Waals surface area contributed by atoms with E-state index in [1.807, 2.05) is 59.4 Å². The van der Waals surface area contributed by atoms with Gasteiger partial charge in [-0.25, -0.2) is 4.58 Å². The van der Waals surface area contributed by atoms with Crippen molar-refractivity contribution in [2.75, 3.05) is 39.7 Å². The number of fused-ring (bicyclic) bond motifs is 2. The van der Waals surface area contributed by atoms with Crippen LogP contribution in [0.3, 0.4) is 0 Å². The summed E-state index contributed by atoms with van der Waals surface area (Å²) in [5.41, 5.74) is 5.56. The highest BCUT2D eigenvalue weighted by Crippen LogP contribution is 2.43. The van der Waals surface area contributed by atoms with Gasteiger partial charge >= 0.3 is 0 Å². The number of nitrogens with zero attached hydrogens (tertiary/aromatic N) is 2. The zero-order valence-electron chi connectivity index (χ0n) is 18.7. The molecule has 0 fully saturated rings. The fourth-order valence-electron chi connectivity index (χ4n) is 3.90. The van der Waals surface area contributed by atoms with Crippen LogP contribution in [0.5, 0.6) is 0 Å². The SMILES string of the molecule is CCOC(O)c1ccccc1-c1c2ccc(=[N+](C)C)cc-2oc2cc(N(C)C)ccc12. The summed E-state index contributed by atoms with van der Waals surface area (Å²) in [7, 11) is 8.06. The van der Waals surface area contributed by atoms with E-state index in [9.17, 15) is 5.11 Å². The number of aliphatic hydroxyl groups excluding tert-OH is 1. The van der Waals surface area contributed by atoms with E-state index >= 15 is 0 Å². The maximum absolute atomic E-state index is 10.7. The molecule has 2 aliphatic rings. The van der Waals surface area contributed by atoms with Crippen LogP contribution >= 0.6 is 0 Å². The van der Waals surface area contributed by atoms with E-state index in [0.29, 0.717) is 6.61 Å². The largest absolute Gasteiger partial charge is 0.456 e. The summed E-state index contributed by atoms with van der Waals surface area (Å²) in [5.74, 6) is 0.797. The van der Waals surface area contributed by atoms with Crippen LogP contribution in [0.25, 0.3) is 33.4 Å². The molecule has 0 aromatic heterocycles. The molecular weight excluding hydrogens is 388 g/mol. The highest BCUT2D eigenvalue weighted by molar-refractivity contribution is 6.03. The van der Waals surface area contributed by atoms with Crippen molar-refractivity contribution in [3.8, 4) is 22.5 Å². The van der Waals surface area contributed by atoms with Crippen molar-refractivity contribution in [3.63, 3.8) is 0 Å². The molecule has 0 radical (unpaired) electrons. The predicted octanol–water partition coefficient (Wildman–Crippen LogP) is 4.33. The number of hydrogen-bond acceptors (Lipinski definition) is 4. The maximum atomic E-state index is 10.7. The smallest absolute Gasteiger partial charge is 0.203 e. The van der Waals surface area contributed by atoms with Crippen LogP contribution in [0, 0.1) is 0 Å². The second kappa shape index (κ2) is 8.53. The second-order valence-corrected chi connectivity index (χ2v) is 8.02. The Morgan fingerprint density at radius 1 is 1.00 bits per heavy atom. The van der Waals surface area contributed by atoms with Crippen LogP contribution in [0.2, 0.25) is 0 Å². The summed E-state index contributed by atoms with van der Waals surface area (Å²) in [5, 5.41) is 12.7. The van der Waals surface area contributed by atoms with E-state index in [1.165, 1.54) is 0 Å². The number of rotatable bonds is 5. The Kier molecular flexibility index (Phi) is 5.81. The molecule has 1 heterocycles. The maximum Gasteiger partial charge on any atom is 0.203 e. The Labute approximate surface area is 182 Å². The zero-order valence-corrected chi connectivity index (χ0v) is 18.7. The van der Waals surface area contributed by atoms with Crippen LogP contribution in [-0.2, 0) is 4.74 Å². The molecular formula is C26H29N2O3+. The Morgan fingerprint density at radius 3 is 2.48 bits per heavy atom. The molecule has 1 unspecified atom stereocenters. The van der Waals surface area contributed by atoms with Gasteiger partial charge in [0, 0.05) is 60.6 Å². The lowest BCUT2D eigenvalue weighted by atomic mass is 9.90. The molecule has 5 nitrogen and oxygen atoms in total. The molecule has 1 atom stereocenters. The Hall–Kier alpha value is -3.15. The van der Waals surface area contributed by atoms with Gasteiger partial charge in [-0.2, -0.15) is 0 Å². The molecule has 160 valence electrons. The molecule has 0 spiro atoms. The molecule has 0 saturated heterocycles. The fourth-order valence-corrected chi connectivity index (χ4v) is 3.90. The molecule has 2 aromatic rings. The Bertz CT molecular complexity index is 1270. The van der Waals surface area contributed by atoms with Gasteiger partial charge in [0.25, 0.3) is 0 Å². The highest BCUT2D eigenvalue weighted by Gasteiger charge is 2.22. The third kappa shape index (κ3) is 3.94. The summed E-state index contributed by atoms with van der Waals surface area (Å²) >= 11 is 0. The van der Waals surface area contributed by atoms with Crippen LogP contribution in [0.1, 0.15) is 18.8 Å². The van der Waals surface area contributed by atoms with Gasteiger partial charge in [-0.1, -0.05) is 24.3 Å². The first-order valence-electron chi connectivity index (χ1n) is 10.5. The van der Waals surface area contributed by atoms with E-state index < -0.39 is 6.29 Å². The lowest BCUT2D eigenvalue weighted by Gasteiger charge is -2.21. The number of ether oxygens (including phenoxy) is 1. The van der Waals surface area contributed by atoms with Crippen molar-refractivity contribution in [3.05, 3.63) is 71.6 Å². The van der Waals surface area contributed by atoms with Gasteiger partial charge in [0.15, 0.2) is 6.29 Å². The molecule has 1 aliphatic heterocycles. The lowest BCUT2D eigenvalue weighted by molar-refractivity contribution is -0.0975. The van der Waals surface area contributed by atoms with E-state index in [4.69, 9.17) is 9.15 Å². The average Bonchev–Trinajstić information content (AvgIpc) is 2.76. The molecule has 4 rings (SSSR count). The van der Waals surface area contributed by atoms with Crippen LogP contribution in [-0.4, -0.2) is 39.9 Å². The van der Waals surface area contributed by atoms with E-state index in [-0.39, 0.29) is 0 Å². The van der Waals surface area contributed by atoms with Gasteiger partial charge in [-0.3, -0.25) is 0 Å². The average molecular weight is 418 g/mol. The zero-order chi connectivity index (χ0) is 22.1. The van der Waals surface area contributed by atoms with Gasteiger partial charge in [-0.05, 0) is 30.7 Å². The van der Waals surface area contributed by atoms with Crippen molar-refractivity contribution >= 4 is 16.7 Å². The first-order valence-corrected chi connectivity index (χ1v) is 10.5. The molecule has 31 heavy (non-hydrogen) atoms. The predicted molar refractivity (Wildman–Crippen MR) is 126 cm³/mol. The van der Waals surface area contributed by atoms with E-state index in [2.05, 4.69) is 45.9 Å². The van der Waals surface area contributed by atoms with E-state index in [0.717, 1.165) is 50.0 Å². The normalized spacial score (nSPS) is 12.3. The van der Waals surface area contributed by atoms with E-state index in [1.54, 1.807) is 0 Å². The van der Waals surface area contributed by atoms with Crippen molar-refractivity contribution in [2.24, 2.45) is 0 Å². The van der Waals surface area contributed by atoms with Gasteiger partial charge in [0.05, 0.1) is 6.07 Å². The van der Waals surface area contributed by atoms with Crippen molar-refractivity contribution < 1.29 is 14.3 Å². The molecule has 1 aliphatic carbocycles. The molecule has 0 bridgehead atoms. The van der Waals surface area contributed by atoms with Crippen molar-refractivity contribution in [1.29, 1.82) is 0 Å². The quantitative estimate of drug-likeness (QED) is 0.298. The number of hydrogen-bond donors (Lipinski definition) is 1.